The number of carbonyl (C=O) groups excluding carboxylic acids is 1. The number of carbonyl (C=O) groups is 1. The minimum absolute atomic E-state index is 0. The molecule has 1 saturated carbocycles. The monoisotopic (exact) mass is 549 g/mol. The molecule has 0 aromatic rings. The molecule has 2 aliphatic carbocycles. The van der Waals surface area contributed by atoms with Gasteiger partial charge in [-0.1, -0.05) is 31.1 Å². The summed E-state index contributed by atoms with van der Waals surface area (Å²) in [7, 11) is -9.64. The van der Waals surface area contributed by atoms with Gasteiger partial charge in [-0.15, -0.1) is 0 Å². The summed E-state index contributed by atoms with van der Waals surface area (Å²) < 4.78 is 78.6. The Labute approximate surface area is 242 Å². The largest absolute Gasteiger partial charge is 1.00 e. The van der Waals surface area contributed by atoms with Crippen molar-refractivity contribution in [2.24, 2.45) is 16.7 Å². The van der Waals surface area contributed by atoms with Gasteiger partial charge in [0, 0.05) is 5.41 Å². The molecule has 0 bridgehead atoms. The molecule has 1 saturated heterocycles. The van der Waals surface area contributed by atoms with Crippen molar-refractivity contribution < 1.29 is 100 Å². The number of hydrogen-bond donors (Lipinski definition) is 3. The zero-order chi connectivity index (χ0) is 24.8. The van der Waals surface area contributed by atoms with E-state index >= 15 is 0 Å². The Morgan fingerprint density at radius 2 is 1.79 bits per heavy atom. The molecule has 2 fully saturated rings. The number of cyclic esters (lactones) is 1. The van der Waals surface area contributed by atoms with E-state index in [0.29, 0.717) is 25.7 Å². The molecule has 5 atom stereocenters. The van der Waals surface area contributed by atoms with Gasteiger partial charge in [-0.25, -0.2) is 13.2 Å². The third-order valence-corrected chi connectivity index (χ3v) is 8.38. The maximum Gasteiger partial charge on any atom is 1.00 e. The van der Waals surface area contributed by atoms with E-state index in [-0.39, 0.29) is 75.9 Å². The molecule has 0 radical (unpaired) electrons. The van der Waals surface area contributed by atoms with E-state index in [1.54, 1.807) is 13.0 Å². The first-order valence-electron chi connectivity index (χ1n) is 10.6. The van der Waals surface area contributed by atoms with Crippen LogP contribution in [0.1, 0.15) is 52.9 Å². The topological polar surface area (TPSA) is 174 Å². The predicted octanol–water partition coefficient (Wildman–Crippen LogP) is -1.24. The zero-order valence-electron chi connectivity index (χ0n) is 19.7. The second kappa shape index (κ2) is 11.0. The van der Waals surface area contributed by atoms with Crippen LogP contribution in [0.5, 0.6) is 0 Å². The summed E-state index contributed by atoms with van der Waals surface area (Å²) >= 11 is 0. The first-order chi connectivity index (χ1) is 15.1. The Hall–Kier alpha value is 0.286. The minimum Gasteiger partial charge on any atom is -0.459 e. The fourth-order valence-corrected chi connectivity index (χ4v) is 6.91. The fourth-order valence-electron chi connectivity index (χ4n) is 5.90. The molecule has 1 heterocycles. The van der Waals surface area contributed by atoms with Crippen molar-refractivity contribution in [1.82, 2.24) is 0 Å². The van der Waals surface area contributed by atoms with E-state index in [4.69, 9.17) is 17.7 Å². The van der Waals surface area contributed by atoms with Crippen LogP contribution in [0.4, 0.5) is 0 Å². The molecule has 3 aliphatic rings. The van der Waals surface area contributed by atoms with Crippen LogP contribution in [0.2, 0.25) is 0 Å². The molecule has 1 aliphatic heterocycles. The van der Waals surface area contributed by atoms with Gasteiger partial charge in [-0.2, -0.15) is 16.8 Å². The normalized spacial score (nSPS) is 35.6. The number of hydrogen-bond acceptors (Lipinski definition) is 9. The number of allylic oxidation sites excluding steroid dienone is 3. The molecule has 3 N–H and O–H groups in total. The van der Waals surface area contributed by atoms with Gasteiger partial charge < -0.3 is 9.84 Å². The first kappa shape index (κ1) is 30.5. The van der Waals surface area contributed by atoms with Crippen LogP contribution in [-0.4, -0.2) is 62.4 Å². The molecule has 0 spiro atoms. The fraction of sp³-hybridized carbons (Fsp3) is 0.750. The van der Waals surface area contributed by atoms with Gasteiger partial charge in [-0.05, 0) is 50.4 Å². The molecular formula is C20H30KO11S2+. The maximum atomic E-state index is 11.9. The van der Waals surface area contributed by atoms with Crippen molar-refractivity contribution in [3.05, 3.63) is 22.8 Å². The van der Waals surface area contributed by atoms with Crippen LogP contribution in [0.25, 0.3) is 0 Å². The Morgan fingerprint density at radius 3 is 2.32 bits per heavy atom. The van der Waals surface area contributed by atoms with E-state index in [1.807, 2.05) is 13.8 Å². The third kappa shape index (κ3) is 6.58. The average Bonchev–Trinajstić information content (AvgIpc) is 2.99. The third-order valence-electron chi connectivity index (χ3n) is 7.49. The van der Waals surface area contributed by atoms with Crippen molar-refractivity contribution in [2.45, 2.75) is 65.1 Å². The smallest absolute Gasteiger partial charge is 0.459 e. The molecule has 0 amide bonds. The van der Waals surface area contributed by atoms with Crippen molar-refractivity contribution in [2.75, 3.05) is 13.2 Å². The van der Waals surface area contributed by atoms with Gasteiger partial charge in [-0.3, -0.25) is 9.11 Å². The molecule has 0 aromatic heterocycles. The molecular weight excluding hydrogens is 519 g/mol. The zero-order valence-corrected chi connectivity index (χ0v) is 24.4. The van der Waals surface area contributed by atoms with Crippen molar-refractivity contribution >= 4 is 26.8 Å². The van der Waals surface area contributed by atoms with Crippen LogP contribution in [0, 0.1) is 16.7 Å². The molecule has 11 nitrogen and oxygen atoms in total. The molecule has 14 heteroatoms. The average molecular weight is 550 g/mol. The van der Waals surface area contributed by atoms with E-state index in [9.17, 15) is 31.3 Å². The number of fused-ring (bicyclic) bond motifs is 1. The Balaban J connectivity index is 0.00000408. The van der Waals surface area contributed by atoms with Crippen molar-refractivity contribution in [3.8, 4) is 0 Å². The van der Waals surface area contributed by atoms with Crippen LogP contribution in [-0.2, 0) is 38.7 Å². The Morgan fingerprint density at radius 1 is 1.15 bits per heavy atom. The quantitative estimate of drug-likeness (QED) is 0.114. The number of aliphatic hydroxyl groups excluding tert-OH is 1. The second-order valence-electron chi connectivity index (χ2n) is 9.49. The number of aliphatic hydroxyl groups is 1. The van der Waals surface area contributed by atoms with Gasteiger partial charge in [0.05, 0.1) is 18.3 Å². The van der Waals surface area contributed by atoms with E-state index < -0.39 is 56.4 Å². The van der Waals surface area contributed by atoms with Crippen molar-refractivity contribution in [1.29, 1.82) is 0 Å². The summed E-state index contributed by atoms with van der Waals surface area (Å²) in [4.78, 5) is 11.9. The van der Waals surface area contributed by atoms with Gasteiger partial charge in [0.1, 0.15) is 12.7 Å². The second-order valence-corrected chi connectivity index (χ2v) is 11.6. The van der Waals surface area contributed by atoms with Crippen LogP contribution in [0.3, 0.4) is 0 Å². The summed E-state index contributed by atoms with van der Waals surface area (Å²) in [6.07, 6.45) is 1.70. The Bertz CT molecular complexity index is 1080. The van der Waals surface area contributed by atoms with E-state index in [0.717, 1.165) is 11.1 Å². The standard InChI is InChI=1S/C20H30O11S2.K/c1-12-4-7-16-19(2,14(12)6-5-13-15(21)10-29-18(13)22)9-8-17(31-33(26,27)28)20(16,3)11-30-32(23,24)25;/h5,15-17,21H,4,6-11H2,1-3H3,(H,23,24,25)(H,26,27,28);/q;+1/b13-5+;/t15-,16+,17-,19+,20+;/m1./s1. The van der Waals surface area contributed by atoms with Crippen LogP contribution < -0.4 is 51.4 Å². The molecule has 0 aromatic carbocycles. The van der Waals surface area contributed by atoms with Gasteiger partial charge in [0.25, 0.3) is 0 Å². The van der Waals surface area contributed by atoms with E-state index in [1.165, 1.54) is 0 Å². The van der Waals surface area contributed by atoms with Gasteiger partial charge in [0.15, 0.2) is 0 Å². The number of esters is 1. The number of ether oxygens (including phenoxy) is 1. The molecule has 3 rings (SSSR count). The van der Waals surface area contributed by atoms with Gasteiger partial charge in [0.2, 0.25) is 0 Å². The molecule has 188 valence electrons. The maximum absolute atomic E-state index is 11.9. The van der Waals surface area contributed by atoms with Crippen LogP contribution >= 0.6 is 0 Å². The summed E-state index contributed by atoms with van der Waals surface area (Å²) in [6, 6.07) is 0. The minimum atomic E-state index is -4.83. The molecule has 0 unspecified atom stereocenters. The van der Waals surface area contributed by atoms with Crippen LogP contribution in [0.15, 0.2) is 22.8 Å². The van der Waals surface area contributed by atoms with Crippen molar-refractivity contribution in [3.63, 3.8) is 0 Å². The summed E-state index contributed by atoms with van der Waals surface area (Å²) in [5.74, 6) is -0.917. The Kier molecular flexibility index (Phi) is 9.83. The molecule has 34 heavy (non-hydrogen) atoms. The SMILES string of the molecule is CC1=C(C/C=C2/C(=O)OC[C@H]2O)[C@]2(C)CC[C@@H](OS(=O)(=O)O)[C@@](C)(COS(=O)(=O)O)[C@H]2CC1.[K+]. The van der Waals surface area contributed by atoms with Gasteiger partial charge >= 0.3 is 78.2 Å². The summed E-state index contributed by atoms with van der Waals surface area (Å²) in [5.41, 5.74) is 0.495. The number of rotatable bonds is 7. The van der Waals surface area contributed by atoms with E-state index in [2.05, 4.69) is 0 Å². The first-order valence-corrected chi connectivity index (χ1v) is 13.3. The summed E-state index contributed by atoms with van der Waals surface area (Å²) in [5, 5.41) is 10.00. The summed E-state index contributed by atoms with van der Waals surface area (Å²) in [6.45, 7) is 4.91. The predicted molar refractivity (Wildman–Crippen MR) is 114 cm³/mol.